The van der Waals surface area contributed by atoms with E-state index in [0.29, 0.717) is 17.9 Å². The molecule has 0 aromatic rings. The second-order valence-corrected chi connectivity index (χ2v) is 9.27. The van der Waals surface area contributed by atoms with Gasteiger partial charge in [0.1, 0.15) is 18.1 Å². The van der Waals surface area contributed by atoms with Gasteiger partial charge in [-0.15, -0.1) is 0 Å². The fraction of sp³-hybridized carbons (Fsp3) is 0.684. The molecule has 0 aliphatic carbocycles. The average Bonchev–Trinajstić information content (AvgIpc) is 2.75. The first-order valence-corrected chi connectivity index (χ1v) is 13.1. The van der Waals surface area contributed by atoms with Crippen molar-refractivity contribution < 1.29 is 39.0 Å². The standard InChI is InChI=1S/C19H33N5O8S2/c1-33-7-5-10(20)16(28)24-13(9-15(26)27)18(30)22-11(3-4-14(21)25)17(29)23-12(19(31)32)6-8-34-2/h10-13H,3-9,20H2,1-2H3,(H2,21,25)(H,22,30)(H,23,29)(H,24,28)(H,26,27)(H,31,32). The highest BCUT2D eigenvalue weighted by Crippen LogP contribution is 2.06. The van der Waals surface area contributed by atoms with Crippen molar-refractivity contribution in [2.75, 3.05) is 24.0 Å². The number of carbonyl (C=O) groups excluding carboxylic acids is 4. The number of carboxylic acid groups (broad SMARTS) is 2. The van der Waals surface area contributed by atoms with Crippen molar-refractivity contribution in [3.63, 3.8) is 0 Å². The van der Waals surface area contributed by atoms with Crippen LogP contribution in [0.25, 0.3) is 0 Å². The predicted octanol–water partition coefficient (Wildman–Crippen LogP) is -1.90. The third-order valence-electron chi connectivity index (χ3n) is 4.52. The number of nitrogens with two attached hydrogens (primary N) is 2. The van der Waals surface area contributed by atoms with Crippen LogP contribution >= 0.6 is 23.5 Å². The zero-order valence-electron chi connectivity index (χ0n) is 19.1. The van der Waals surface area contributed by atoms with Crippen LogP contribution in [0.3, 0.4) is 0 Å². The molecule has 0 aromatic heterocycles. The van der Waals surface area contributed by atoms with Crippen LogP contribution in [0.15, 0.2) is 0 Å². The van der Waals surface area contributed by atoms with Gasteiger partial charge < -0.3 is 37.6 Å². The summed E-state index contributed by atoms with van der Waals surface area (Å²) >= 11 is 2.83. The van der Waals surface area contributed by atoms with Crippen molar-refractivity contribution in [3.8, 4) is 0 Å². The minimum atomic E-state index is -1.55. The van der Waals surface area contributed by atoms with Crippen LogP contribution in [0.1, 0.15) is 32.1 Å². The lowest BCUT2D eigenvalue weighted by Crippen LogP contribution is -2.57. The molecule has 0 radical (unpaired) electrons. The highest BCUT2D eigenvalue weighted by molar-refractivity contribution is 7.98. The van der Waals surface area contributed by atoms with E-state index in [2.05, 4.69) is 16.0 Å². The molecular formula is C19H33N5O8S2. The normalized spacial score (nSPS) is 14.2. The molecule has 0 aliphatic rings. The van der Waals surface area contributed by atoms with Crippen LogP contribution in [0.2, 0.25) is 0 Å². The monoisotopic (exact) mass is 523 g/mol. The van der Waals surface area contributed by atoms with Crippen LogP contribution in [0, 0.1) is 0 Å². The molecule has 4 atom stereocenters. The average molecular weight is 524 g/mol. The van der Waals surface area contributed by atoms with Gasteiger partial charge >= 0.3 is 11.9 Å². The van der Waals surface area contributed by atoms with Gasteiger partial charge in [0.05, 0.1) is 12.5 Å². The Balaban J connectivity index is 5.51. The van der Waals surface area contributed by atoms with E-state index in [0.717, 1.165) is 0 Å². The first-order valence-electron chi connectivity index (χ1n) is 10.3. The summed E-state index contributed by atoms with van der Waals surface area (Å²) in [5.41, 5.74) is 10.9. The van der Waals surface area contributed by atoms with Gasteiger partial charge in [-0.1, -0.05) is 0 Å². The molecule has 13 nitrogen and oxygen atoms in total. The number of hydrogen-bond donors (Lipinski definition) is 7. The molecule has 4 amide bonds. The first-order chi connectivity index (χ1) is 15.9. The molecular weight excluding hydrogens is 490 g/mol. The first kappa shape index (κ1) is 31.5. The third kappa shape index (κ3) is 13.3. The van der Waals surface area contributed by atoms with Gasteiger partial charge in [-0.3, -0.25) is 24.0 Å². The number of hydrogen-bond acceptors (Lipinski definition) is 9. The molecule has 9 N–H and O–H groups in total. The summed E-state index contributed by atoms with van der Waals surface area (Å²) in [4.78, 5) is 71.6. The second kappa shape index (κ2) is 17.0. The Morgan fingerprint density at radius 1 is 0.765 bits per heavy atom. The third-order valence-corrected chi connectivity index (χ3v) is 5.81. The van der Waals surface area contributed by atoms with E-state index in [1.807, 2.05) is 6.26 Å². The number of amides is 4. The van der Waals surface area contributed by atoms with Crippen LogP contribution in [-0.2, 0) is 28.8 Å². The van der Waals surface area contributed by atoms with Crippen LogP contribution < -0.4 is 27.4 Å². The van der Waals surface area contributed by atoms with E-state index < -0.39 is 66.2 Å². The second-order valence-electron chi connectivity index (χ2n) is 7.29. The summed E-state index contributed by atoms with van der Waals surface area (Å²) in [6.45, 7) is 0. The maximum atomic E-state index is 12.8. The SMILES string of the molecule is CSCCC(N)C(=O)NC(CC(=O)O)C(=O)NC(CCC(N)=O)C(=O)NC(CCSC)C(=O)O. The number of nitrogens with one attached hydrogen (secondary N) is 3. The molecule has 0 saturated heterocycles. The molecule has 0 saturated carbocycles. The molecule has 0 fully saturated rings. The van der Waals surface area contributed by atoms with Crippen molar-refractivity contribution in [2.24, 2.45) is 11.5 Å². The molecule has 4 unspecified atom stereocenters. The Hall–Kier alpha value is -2.52. The largest absolute Gasteiger partial charge is 0.481 e. The predicted molar refractivity (Wildman–Crippen MR) is 128 cm³/mol. The van der Waals surface area contributed by atoms with E-state index in [9.17, 15) is 33.9 Å². The zero-order valence-corrected chi connectivity index (χ0v) is 20.7. The fourth-order valence-electron chi connectivity index (χ4n) is 2.63. The molecule has 0 rings (SSSR count). The van der Waals surface area contributed by atoms with Crippen LogP contribution in [0.5, 0.6) is 0 Å². The molecule has 0 spiro atoms. The molecule has 15 heteroatoms. The lowest BCUT2D eigenvalue weighted by Gasteiger charge is -2.24. The minimum absolute atomic E-state index is 0.115. The molecule has 0 heterocycles. The number of rotatable bonds is 18. The molecule has 0 aliphatic heterocycles. The van der Waals surface area contributed by atoms with Crippen molar-refractivity contribution in [1.29, 1.82) is 0 Å². The number of carbonyl (C=O) groups is 6. The van der Waals surface area contributed by atoms with Gasteiger partial charge in [-0.25, -0.2) is 4.79 Å². The minimum Gasteiger partial charge on any atom is -0.481 e. The zero-order chi connectivity index (χ0) is 26.3. The summed E-state index contributed by atoms with van der Waals surface area (Å²) < 4.78 is 0. The Bertz CT molecular complexity index is 739. The van der Waals surface area contributed by atoms with Crippen molar-refractivity contribution in [2.45, 2.75) is 56.3 Å². The maximum Gasteiger partial charge on any atom is 0.326 e. The number of aliphatic carboxylic acids is 2. The summed E-state index contributed by atoms with van der Waals surface area (Å²) in [5, 5.41) is 25.3. The van der Waals surface area contributed by atoms with E-state index in [1.54, 1.807) is 6.26 Å². The highest BCUT2D eigenvalue weighted by Gasteiger charge is 2.31. The van der Waals surface area contributed by atoms with Crippen LogP contribution in [-0.4, -0.2) is 94.0 Å². The van der Waals surface area contributed by atoms with Gasteiger partial charge in [0, 0.05) is 6.42 Å². The van der Waals surface area contributed by atoms with Gasteiger partial charge in [0.25, 0.3) is 0 Å². The fourth-order valence-corrected chi connectivity index (χ4v) is 3.59. The smallest absolute Gasteiger partial charge is 0.326 e. The summed E-state index contributed by atoms with van der Waals surface area (Å²) in [6, 6.07) is -5.16. The van der Waals surface area contributed by atoms with Gasteiger partial charge in [-0.2, -0.15) is 23.5 Å². The summed E-state index contributed by atoms with van der Waals surface area (Å²) in [7, 11) is 0. The van der Waals surface area contributed by atoms with E-state index >= 15 is 0 Å². The van der Waals surface area contributed by atoms with Crippen LogP contribution in [0.4, 0.5) is 0 Å². The van der Waals surface area contributed by atoms with Gasteiger partial charge in [0.2, 0.25) is 23.6 Å². The molecule has 194 valence electrons. The van der Waals surface area contributed by atoms with Crippen molar-refractivity contribution in [1.82, 2.24) is 16.0 Å². The summed E-state index contributed by atoms with van der Waals surface area (Å²) in [6.07, 6.45) is 2.63. The van der Waals surface area contributed by atoms with Crippen molar-refractivity contribution in [3.05, 3.63) is 0 Å². The Morgan fingerprint density at radius 2 is 1.26 bits per heavy atom. The Morgan fingerprint density at radius 3 is 1.76 bits per heavy atom. The number of carboxylic acids is 2. The Labute approximate surface area is 205 Å². The lowest BCUT2D eigenvalue weighted by molar-refractivity contribution is -0.143. The topological polar surface area (TPSA) is 231 Å². The highest BCUT2D eigenvalue weighted by atomic mass is 32.2. The quantitative estimate of drug-likeness (QED) is 0.105. The van der Waals surface area contributed by atoms with Crippen molar-refractivity contribution >= 4 is 59.1 Å². The van der Waals surface area contributed by atoms with E-state index in [4.69, 9.17) is 16.6 Å². The molecule has 0 aromatic carbocycles. The number of thioether (sulfide) groups is 2. The van der Waals surface area contributed by atoms with Gasteiger partial charge in [-0.05, 0) is 43.3 Å². The van der Waals surface area contributed by atoms with E-state index in [-0.39, 0.29) is 19.3 Å². The maximum absolute atomic E-state index is 12.8. The number of primary amides is 1. The van der Waals surface area contributed by atoms with E-state index in [1.165, 1.54) is 23.5 Å². The Kier molecular flexibility index (Phi) is 15.7. The lowest BCUT2D eigenvalue weighted by atomic mass is 10.1. The van der Waals surface area contributed by atoms with Gasteiger partial charge in [0.15, 0.2) is 0 Å². The molecule has 0 bridgehead atoms. The summed E-state index contributed by atoms with van der Waals surface area (Å²) in [5.74, 6) is -5.05. The molecule has 34 heavy (non-hydrogen) atoms.